The summed E-state index contributed by atoms with van der Waals surface area (Å²) in [6, 6.07) is 8.12. The van der Waals surface area contributed by atoms with E-state index >= 15 is 0 Å². The summed E-state index contributed by atoms with van der Waals surface area (Å²) < 4.78 is 3.06. The summed E-state index contributed by atoms with van der Waals surface area (Å²) in [7, 11) is 1.96. The molecule has 4 heteroatoms. The molecule has 0 aliphatic heterocycles. The number of nitrogens with zero attached hydrogens (tertiary/aromatic N) is 2. The van der Waals surface area contributed by atoms with Gasteiger partial charge in [-0.05, 0) is 18.1 Å². The fourth-order valence-corrected chi connectivity index (χ4v) is 2.18. The summed E-state index contributed by atoms with van der Waals surface area (Å²) in [5.41, 5.74) is 8.43. The Morgan fingerprint density at radius 3 is 2.81 bits per heavy atom. The van der Waals surface area contributed by atoms with E-state index in [4.69, 9.17) is 5.73 Å². The predicted octanol–water partition coefficient (Wildman–Crippen LogP) is 2.43. The van der Waals surface area contributed by atoms with Gasteiger partial charge in [0.05, 0.1) is 18.1 Å². The Balaban J connectivity index is 2.17. The Morgan fingerprint density at radius 1 is 1.44 bits per heavy atom. The molecule has 0 amide bonds. The highest BCUT2D eigenvalue weighted by Crippen LogP contribution is 2.21. The molecular formula is C12H14BrN3. The highest BCUT2D eigenvalue weighted by Gasteiger charge is 2.11. The van der Waals surface area contributed by atoms with Crippen LogP contribution in [0.4, 0.5) is 0 Å². The molecule has 1 unspecified atom stereocenters. The number of aromatic nitrogens is 2. The minimum Gasteiger partial charge on any atom is -0.336 e. The molecule has 0 aliphatic rings. The van der Waals surface area contributed by atoms with Crippen molar-refractivity contribution in [2.45, 2.75) is 12.5 Å². The van der Waals surface area contributed by atoms with Crippen molar-refractivity contribution in [3.05, 3.63) is 52.5 Å². The van der Waals surface area contributed by atoms with Gasteiger partial charge in [0.15, 0.2) is 0 Å². The van der Waals surface area contributed by atoms with E-state index in [9.17, 15) is 0 Å². The molecule has 1 aromatic carbocycles. The van der Waals surface area contributed by atoms with Gasteiger partial charge in [-0.1, -0.05) is 34.1 Å². The third-order valence-electron chi connectivity index (χ3n) is 2.63. The van der Waals surface area contributed by atoms with E-state index in [1.165, 1.54) is 5.56 Å². The summed E-state index contributed by atoms with van der Waals surface area (Å²) in [5, 5.41) is 0. The second-order valence-electron chi connectivity index (χ2n) is 3.83. The van der Waals surface area contributed by atoms with Crippen LogP contribution in [0.5, 0.6) is 0 Å². The molecule has 2 aromatic rings. The number of halogens is 1. The molecule has 84 valence electrons. The lowest BCUT2D eigenvalue weighted by molar-refractivity contribution is 0.654. The Labute approximate surface area is 103 Å². The average molecular weight is 280 g/mol. The van der Waals surface area contributed by atoms with Gasteiger partial charge in [-0.15, -0.1) is 0 Å². The fourth-order valence-electron chi connectivity index (χ4n) is 1.73. The molecule has 0 radical (unpaired) electrons. The van der Waals surface area contributed by atoms with Crippen LogP contribution in [0.25, 0.3) is 0 Å². The van der Waals surface area contributed by atoms with Crippen LogP contribution in [0.15, 0.2) is 41.3 Å². The van der Waals surface area contributed by atoms with Crippen molar-refractivity contribution in [1.82, 2.24) is 9.55 Å². The first-order valence-corrected chi connectivity index (χ1v) is 5.93. The number of rotatable bonds is 3. The van der Waals surface area contributed by atoms with Crippen LogP contribution < -0.4 is 5.73 Å². The highest BCUT2D eigenvalue weighted by molar-refractivity contribution is 9.10. The van der Waals surface area contributed by atoms with Gasteiger partial charge in [0.2, 0.25) is 0 Å². The van der Waals surface area contributed by atoms with E-state index in [-0.39, 0.29) is 6.04 Å². The molecule has 0 aliphatic carbocycles. The molecule has 1 heterocycles. The molecule has 0 bridgehead atoms. The van der Waals surface area contributed by atoms with Crippen molar-refractivity contribution in [3.63, 3.8) is 0 Å². The van der Waals surface area contributed by atoms with Crippen molar-refractivity contribution >= 4 is 15.9 Å². The summed E-state index contributed by atoms with van der Waals surface area (Å²) >= 11 is 3.53. The summed E-state index contributed by atoms with van der Waals surface area (Å²) in [4.78, 5) is 4.08. The Bertz CT molecular complexity index is 479. The lowest BCUT2D eigenvalue weighted by Gasteiger charge is -2.13. The Hall–Kier alpha value is -1.13. The minimum absolute atomic E-state index is 0.0220. The first kappa shape index (κ1) is 11.4. The van der Waals surface area contributed by atoms with Gasteiger partial charge in [-0.3, -0.25) is 0 Å². The fraction of sp³-hybridized carbons (Fsp3) is 0.250. The van der Waals surface area contributed by atoms with Gasteiger partial charge in [0.25, 0.3) is 0 Å². The van der Waals surface area contributed by atoms with Crippen molar-refractivity contribution in [3.8, 4) is 0 Å². The maximum Gasteiger partial charge on any atom is 0.0946 e. The van der Waals surface area contributed by atoms with E-state index in [1.807, 2.05) is 36.0 Å². The SMILES string of the molecule is Cn1cncc1C(N)Cc1ccccc1Br. The van der Waals surface area contributed by atoms with Gasteiger partial charge >= 0.3 is 0 Å². The van der Waals surface area contributed by atoms with Crippen LogP contribution in [0.3, 0.4) is 0 Å². The van der Waals surface area contributed by atoms with E-state index in [1.54, 1.807) is 6.33 Å². The zero-order valence-corrected chi connectivity index (χ0v) is 10.7. The van der Waals surface area contributed by atoms with E-state index in [0.717, 1.165) is 16.6 Å². The molecule has 2 rings (SSSR count). The number of hydrogen-bond acceptors (Lipinski definition) is 2. The highest BCUT2D eigenvalue weighted by atomic mass is 79.9. The normalized spacial score (nSPS) is 12.7. The third kappa shape index (κ3) is 2.33. The van der Waals surface area contributed by atoms with E-state index < -0.39 is 0 Å². The smallest absolute Gasteiger partial charge is 0.0946 e. The molecule has 0 spiro atoms. The zero-order valence-electron chi connectivity index (χ0n) is 9.10. The molecular weight excluding hydrogens is 266 g/mol. The van der Waals surface area contributed by atoms with Crippen LogP contribution in [-0.2, 0) is 13.5 Å². The van der Waals surface area contributed by atoms with Crippen LogP contribution >= 0.6 is 15.9 Å². The number of hydrogen-bond donors (Lipinski definition) is 1. The topological polar surface area (TPSA) is 43.8 Å². The van der Waals surface area contributed by atoms with E-state index in [0.29, 0.717) is 0 Å². The summed E-state index contributed by atoms with van der Waals surface area (Å²) in [5.74, 6) is 0. The second kappa shape index (κ2) is 4.80. The number of benzene rings is 1. The molecule has 0 saturated carbocycles. The van der Waals surface area contributed by atoms with Gasteiger partial charge in [-0.2, -0.15) is 0 Å². The first-order chi connectivity index (χ1) is 7.68. The molecule has 2 N–H and O–H groups in total. The standard InChI is InChI=1S/C12H14BrN3/c1-16-8-15-7-12(16)11(14)6-9-4-2-3-5-10(9)13/h2-5,7-8,11H,6,14H2,1H3. The molecule has 1 atom stereocenters. The first-order valence-electron chi connectivity index (χ1n) is 5.13. The third-order valence-corrected chi connectivity index (χ3v) is 3.41. The quantitative estimate of drug-likeness (QED) is 0.938. The van der Waals surface area contributed by atoms with Crippen molar-refractivity contribution in [2.75, 3.05) is 0 Å². The lowest BCUT2D eigenvalue weighted by atomic mass is 10.0. The largest absolute Gasteiger partial charge is 0.336 e. The van der Waals surface area contributed by atoms with Gasteiger partial charge in [0, 0.05) is 17.7 Å². The number of aryl methyl sites for hydroxylation is 1. The van der Waals surface area contributed by atoms with Gasteiger partial charge in [-0.25, -0.2) is 4.98 Å². The van der Waals surface area contributed by atoms with Gasteiger partial charge < -0.3 is 10.3 Å². The van der Waals surface area contributed by atoms with Crippen LogP contribution in [0.1, 0.15) is 17.3 Å². The van der Waals surface area contributed by atoms with E-state index in [2.05, 4.69) is 27.0 Å². The lowest BCUT2D eigenvalue weighted by Crippen LogP contribution is -2.16. The van der Waals surface area contributed by atoms with Crippen molar-refractivity contribution < 1.29 is 0 Å². The number of nitrogens with two attached hydrogens (primary N) is 1. The maximum absolute atomic E-state index is 6.16. The number of imidazole rings is 1. The molecule has 3 nitrogen and oxygen atoms in total. The average Bonchev–Trinajstić information content (AvgIpc) is 2.68. The molecule has 0 fully saturated rings. The van der Waals surface area contributed by atoms with Crippen molar-refractivity contribution in [1.29, 1.82) is 0 Å². The maximum atomic E-state index is 6.16. The monoisotopic (exact) mass is 279 g/mol. The van der Waals surface area contributed by atoms with Crippen LogP contribution in [0.2, 0.25) is 0 Å². The predicted molar refractivity (Wildman–Crippen MR) is 68.0 cm³/mol. The Kier molecular flexibility index (Phi) is 3.41. The molecule has 0 saturated heterocycles. The molecule has 1 aromatic heterocycles. The van der Waals surface area contributed by atoms with Gasteiger partial charge in [0.1, 0.15) is 0 Å². The van der Waals surface area contributed by atoms with Crippen molar-refractivity contribution in [2.24, 2.45) is 12.8 Å². The summed E-state index contributed by atoms with van der Waals surface area (Å²) in [6.07, 6.45) is 4.40. The zero-order chi connectivity index (χ0) is 11.5. The Morgan fingerprint density at radius 2 is 2.19 bits per heavy atom. The molecule has 16 heavy (non-hydrogen) atoms. The minimum atomic E-state index is -0.0220. The second-order valence-corrected chi connectivity index (χ2v) is 4.69. The summed E-state index contributed by atoms with van der Waals surface area (Å²) in [6.45, 7) is 0. The van der Waals surface area contributed by atoms with Crippen LogP contribution in [-0.4, -0.2) is 9.55 Å². The van der Waals surface area contributed by atoms with Crippen LogP contribution in [0, 0.1) is 0 Å².